The quantitative estimate of drug-likeness (QED) is 0.0351. The molecule has 3 nitrogen and oxygen atoms in total. The van der Waals surface area contributed by atoms with E-state index in [1.54, 1.807) is 7.11 Å². The van der Waals surface area contributed by atoms with E-state index in [1.807, 2.05) is 48.6 Å². The summed E-state index contributed by atoms with van der Waals surface area (Å²) in [6, 6.07) is 37.2. The van der Waals surface area contributed by atoms with Crippen LogP contribution in [0, 0.1) is 0 Å². The SMILES string of the molecule is C.CCc1cc(Br)c(/C=C\c2cc(Br)c(/C=C\c3cc(Br)c(CCc4cc(Br)c(C=O)cc4Br)cc3Br)cc2Br)cc1Br.CCc1cc(Br)c(/C=C\c2cc(Br)c(/C=C\c3cc(Br)c(OC)cc3Br)cc2Br)cc1Br.CCc1cc(Br)c(/C=C\c2cc(Br)c(C=O)cc2Br)cc1Br.FP(F)(F)(F)F.FP(F)(F)(F)F.FP(F)(F)(F)F.[F-].[F-].[F-]. The average molecular weight is 2890 g/mol. The van der Waals surface area contributed by atoms with Crippen LogP contribution in [0.5, 0.6) is 5.75 Å². The summed E-state index contributed by atoms with van der Waals surface area (Å²) in [6.07, 6.45) is 27.2. The maximum absolute atomic E-state index is 11.2. The zero-order chi connectivity index (χ0) is 86.6. The standard InChI is InChI=1S/C33H22Br8O.C25H18Br6O.C17H12Br4O.CH4.3F5P.3FH/c1-2-18-9-27(35)19(10-26(18)34)3-4-20-11-29(37)21(12-28(20)36)5-6-22-13-31(39)23(14-30(22)38)7-8-24-15-33(41)25(17-42)16-32(24)40;1-3-14-8-20(27)15(9-19(14)26)4-5-16-10-22(29)17(11-21(16)28)6-7-18-12-24(31)25(32-2)13-23(18)30;1-2-10-5-15(19)11(6-14(10)18)3-4-12-7-17(21)13(9-22)8-16(12)20;;3*1-6(2,3,4)5;;;/h3-6,9-17H,2,7-8H2,1H3;4-13H,3H2,1-2H3;3-9H,2H2,1H3;1H4;;;;3*1H/p-3/b4-3-,6-5-;5-4-,7-6-;4-3-;;;;;;;. The third-order valence-electron chi connectivity index (χ3n) is 14.7. The fourth-order valence-corrected chi connectivity index (χ4v) is 18.8. The Hall–Kier alpha value is -0.510. The van der Waals surface area contributed by atoms with Gasteiger partial charge in [-0.15, -0.1) is 0 Å². The number of aldehydes is 2. The molecule has 9 aromatic rings. The van der Waals surface area contributed by atoms with Gasteiger partial charge in [0.2, 0.25) is 0 Å². The van der Waals surface area contributed by atoms with Gasteiger partial charge in [-0.3, -0.25) is 9.59 Å². The van der Waals surface area contributed by atoms with E-state index in [1.165, 1.54) is 22.3 Å². The number of hydrogen-bond acceptors (Lipinski definition) is 3. The van der Waals surface area contributed by atoms with E-state index in [2.05, 4.69) is 429 Å². The molecule has 9 aromatic carbocycles. The van der Waals surface area contributed by atoms with Crippen LogP contribution in [0.2, 0.25) is 0 Å². The number of benzene rings is 9. The van der Waals surface area contributed by atoms with Gasteiger partial charge in [-0.05, 0) is 241 Å². The second-order valence-corrected chi connectivity index (χ2v) is 42.1. The third kappa shape index (κ3) is 44.0. The first kappa shape index (κ1) is 117. The van der Waals surface area contributed by atoms with E-state index in [-0.39, 0.29) is 21.5 Å². The summed E-state index contributed by atoms with van der Waals surface area (Å²) < 4.78 is 171. The largest absolute Gasteiger partial charge is 1.00 e. The summed E-state index contributed by atoms with van der Waals surface area (Å²) in [4.78, 5) is 22.1. The molecular weight excluding hydrogens is 2830 g/mol. The number of carbonyl (C=O) groups excluding carboxylic acids is 2. The Morgan fingerprint density at radius 2 is 0.373 bits per heavy atom. The van der Waals surface area contributed by atoms with Crippen LogP contribution in [0.3, 0.4) is 0 Å². The summed E-state index contributed by atoms with van der Waals surface area (Å²) in [5.74, 6) is 0.789. The second-order valence-electron chi connectivity index (χ2n) is 22.9. The number of carbonyl (C=O) groups is 2. The van der Waals surface area contributed by atoms with E-state index in [0.717, 1.165) is 192 Å². The number of hydrogen-bond donors (Lipinski definition) is 0. The number of halogens is 36. The number of methoxy groups -OCH3 is 1. The predicted octanol–water partition coefficient (Wildman–Crippen LogP) is 33.3. The molecule has 118 heavy (non-hydrogen) atoms. The molecule has 0 N–H and O–H groups in total. The molecule has 42 heteroatoms. The van der Waals surface area contributed by atoms with Crippen molar-refractivity contribution in [3.8, 4) is 5.75 Å². The molecule has 0 aliphatic rings. The summed E-state index contributed by atoms with van der Waals surface area (Å²) in [5.41, 5.74) is 18.2. The monoisotopic (exact) mass is 2870 g/mol. The fraction of sp³-hybridized carbons (Fsp3) is 0.132. The molecule has 0 aliphatic carbocycles. The Morgan fingerprint density at radius 3 is 0.568 bits per heavy atom. The predicted molar refractivity (Wildman–Crippen MR) is 518 cm³/mol. The molecule has 0 unspecified atom stereocenters. The van der Waals surface area contributed by atoms with E-state index in [4.69, 9.17) is 4.74 Å². The van der Waals surface area contributed by atoms with Gasteiger partial charge in [-0.2, -0.15) is 0 Å². The summed E-state index contributed by atoms with van der Waals surface area (Å²) in [6.45, 7) is 6.43. The molecule has 0 aromatic heterocycles. The van der Waals surface area contributed by atoms with Crippen LogP contribution in [0.4, 0.5) is 63.0 Å². The molecule has 0 amide bonds. The molecule has 0 radical (unpaired) electrons. The minimum atomic E-state index is -8.55. The van der Waals surface area contributed by atoms with Gasteiger partial charge in [-0.25, -0.2) is 0 Å². The maximum atomic E-state index is 11.2. The fourth-order valence-electron chi connectivity index (χ4n) is 9.27. The van der Waals surface area contributed by atoms with E-state index >= 15 is 0 Å². The molecule has 0 spiro atoms. The van der Waals surface area contributed by atoms with Crippen molar-refractivity contribution in [3.05, 3.63) is 284 Å². The van der Waals surface area contributed by atoms with Gasteiger partial charge < -0.3 is 18.9 Å². The zero-order valence-electron chi connectivity index (χ0n) is 59.0. The number of rotatable bonds is 19. The normalized spacial score (nSPS) is 12.3. The molecule has 0 fully saturated rings. The van der Waals surface area contributed by atoms with E-state index < -0.39 is 24.5 Å². The van der Waals surface area contributed by atoms with Crippen LogP contribution in [-0.4, -0.2) is 19.7 Å². The van der Waals surface area contributed by atoms with Crippen molar-refractivity contribution in [1.29, 1.82) is 0 Å². The summed E-state index contributed by atoms with van der Waals surface area (Å²) in [7, 11) is -24.0. The van der Waals surface area contributed by atoms with Gasteiger partial charge in [0.15, 0.2) is 12.6 Å². The van der Waals surface area contributed by atoms with Crippen molar-refractivity contribution in [1.82, 2.24) is 0 Å². The van der Waals surface area contributed by atoms with Crippen molar-refractivity contribution in [2.45, 2.75) is 60.3 Å². The molecular formula is C76H56Br18F18O3P3-3. The Bertz CT molecular complexity index is 5000. The minimum absolute atomic E-state index is 0. The van der Waals surface area contributed by atoms with Crippen molar-refractivity contribution in [2.24, 2.45) is 0 Å². The van der Waals surface area contributed by atoms with Gasteiger partial charge in [0.1, 0.15) is 5.75 Å². The van der Waals surface area contributed by atoms with Crippen molar-refractivity contribution < 1.29 is 91.4 Å². The zero-order valence-corrected chi connectivity index (χ0v) is 90.3. The first-order valence-corrected chi connectivity index (χ1v) is 50.8. The van der Waals surface area contributed by atoms with Crippen LogP contribution >= 0.6 is 311 Å². The van der Waals surface area contributed by atoms with Gasteiger partial charge in [0, 0.05) is 87.2 Å². The number of aryl methyl sites for hydroxylation is 5. The minimum Gasteiger partial charge on any atom is -1.00 e. The van der Waals surface area contributed by atoms with Gasteiger partial charge in [-0.1, -0.05) is 360 Å². The maximum Gasteiger partial charge on any atom is -1.00 e. The Morgan fingerprint density at radius 1 is 0.237 bits per heavy atom. The third-order valence-corrected chi connectivity index (χ3v) is 27.3. The van der Waals surface area contributed by atoms with Crippen molar-refractivity contribution in [2.75, 3.05) is 7.11 Å². The summed E-state index contributed by atoms with van der Waals surface area (Å²) in [5, 5.41) is 0. The van der Waals surface area contributed by atoms with E-state index in [0.29, 0.717) is 11.1 Å². The first-order chi connectivity index (χ1) is 52.4. The number of ether oxygens (including phenoxy) is 1. The second kappa shape index (κ2) is 51.6. The average Bonchev–Trinajstić information content (AvgIpc) is 0.834. The van der Waals surface area contributed by atoms with Crippen LogP contribution in [0.15, 0.2) is 190 Å². The summed E-state index contributed by atoms with van der Waals surface area (Å²) >= 11 is 65.6. The Kier molecular flexibility index (Phi) is 51.4. The molecule has 0 saturated heterocycles. The molecule has 0 aliphatic heterocycles. The van der Waals surface area contributed by atoms with Crippen molar-refractivity contribution >= 4 is 385 Å². The van der Waals surface area contributed by atoms with Gasteiger partial charge in [0.05, 0.1) is 11.6 Å². The van der Waals surface area contributed by atoms with Crippen LogP contribution < -0.4 is 18.9 Å². The Labute approximate surface area is 822 Å². The molecule has 0 bridgehead atoms. The van der Waals surface area contributed by atoms with Gasteiger partial charge >= 0.3 is 87.4 Å². The topological polar surface area (TPSA) is 43.4 Å². The van der Waals surface area contributed by atoms with E-state index in [9.17, 15) is 72.5 Å². The molecule has 0 atom stereocenters. The van der Waals surface area contributed by atoms with Crippen molar-refractivity contribution in [3.63, 3.8) is 0 Å². The molecule has 0 saturated carbocycles. The molecule has 0 heterocycles. The van der Waals surface area contributed by atoms with Gasteiger partial charge in [0.25, 0.3) is 0 Å². The Balaban J connectivity index is 0.00000159. The van der Waals surface area contributed by atoms with Crippen LogP contribution in [0.25, 0.3) is 60.8 Å². The molecule has 648 valence electrons. The smallest absolute Gasteiger partial charge is 1.00 e. The van der Waals surface area contributed by atoms with Crippen LogP contribution in [0.1, 0.15) is 132 Å². The molecule has 9 rings (SSSR count). The first-order valence-electron chi connectivity index (χ1n) is 31.4. The van der Waals surface area contributed by atoms with Crippen LogP contribution in [-0.2, 0) is 32.1 Å².